The summed E-state index contributed by atoms with van der Waals surface area (Å²) in [6, 6.07) is 21.5. The first-order chi connectivity index (χ1) is 14.2. The highest BCUT2D eigenvalue weighted by Crippen LogP contribution is 2.35. The van der Waals surface area contributed by atoms with E-state index in [0.29, 0.717) is 5.75 Å². The second kappa shape index (κ2) is 8.86. The standard InChI is InChI=1S/C28H32O/c1-3-5-6-7-20-16-23-8-9-24(19-26(23)17-20)25-12-15-28(21(4-2)18-25)22-10-13-27(29)14-11-22/h8-15,18-20,29H,3-7,16-17H2,1-2H3. The third kappa shape index (κ3) is 4.40. The normalized spacial score (nSPS) is 15.4. The number of phenolic OH excluding ortho intramolecular Hbond substituents is 1. The second-order valence-electron chi connectivity index (χ2n) is 8.53. The SMILES string of the molecule is CCCCCC1Cc2ccc(-c3ccc(-c4ccc(O)cc4)c(CC)c3)cc2C1. The third-order valence-corrected chi connectivity index (χ3v) is 6.44. The number of aromatic hydroxyl groups is 1. The first-order valence-corrected chi connectivity index (χ1v) is 11.2. The number of hydrogen-bond acceptors (Lipinski definition) is 1. The zero-order valence-corrected chi connectivity index (χ0v) is 17.7. The lowest BCUT2D eigenvalue weighted by Crippen LogP contribution is -1.98. The fourth-order valence-corrected chi connectivity index (χ4v) is 4.76. The largest absolute Gasteiger partial charge is 0.508 e. The van der Waals surface area contributed by atoms with Crippen LogP contribution in [-0.2, 0) is 19.3 Å². The van der Waals surface area contributed by atoms with Crippen LogP contribution in [0.25, 0.3) is 22.3 Å². The van der Waals surface area contributed by atoms with Crippen molar-refractivity contribution in [2.45, 2.75) is 58.8 Å². The Hall–Kier alpha value is -2.54. The van der Waals surface area contributed by atoms with Crippen molar-refractivity contribution in [2.24, 2.45) is 5.92 Å². The molecule has 1 aliphatic rings. The molecular weight excluding hydrogens is 352 g/mol. The Balaban J connectivity index is 1.57. The Kier molecular flexibility index (Phi) is 6.04. The monoisotopic (exact) mass is 384 g/mol. The molecule has 0 fully saturated rings. The molecule has 1 unspecified atom stereocenters. The van der Waals surface area contributed by atoms with Crippen LogP contribution in [0.4, 0.5) is 0 Å². The van der Waals surface area contributed by atoms with Crippen molar-refractivity contribution in [3.8, 4) is 28.0 Å². The molecule has 3 aromatic rings. The molecule has 1 N–H and O–H groups in total. The van der Waals surface area contributed by atoms with E-state index < -0.39 is 0 Å². The van der Waals surface area contributed by atoms with Crippen molar-refractivity contribution in [1.82, 2.24) is 0 Å². The molecular formula is C28H32O. The van der Waals surface area contributed by atoms with Gasteiger partial charge in [0.2, 0.25) is 0 Å². The van der Waals surface area contributed by atoms with E-state index in [2.05, 4.69) is 50.2 Å². The molecule has 0 saturated carbocycles. The van der Waals surface area contributed by atoms with Crippen molar-refractivity contribution in [1.29, 1.82) is 0 Å². The summed E-state index contributed by atoms with van der Waals surface area (Å²) in [5, 5.41) is 9.58. The van der Waals surface area contributed by atoms with Gasteiger partial charge in [-0.1, -0.05) is 81.6 Å². The third-order valence-electron chi connectivity index (χ3n) is 6.44. The molecule has 1 aliphatic carbocycles. The van der Waals surface area contributed by atoms with Gasteiger partial charge in [0.1, 0.15) is 5.75 Å². The molecule has 150 valence electrons. The minimum absolute atomic E-state index is 0.314. The molecule has 1 heteroatoms. The van der Waals surface area contributed by atoms with Gasteiger partial charge in [-0.25, -0.2) is 0 Å². The lowest BCUT2D eigenvalue weighted by Gasteiger charge is -2.12. The van der Waals surface area contributed by atoms with E-state index in [1.54, 1.807) is 23.3 Å². The maximum absolute atomic E-state index is 9.58. The Morgan fingerprint density at radius 2 is 1.45 bits per heavy atom. The van der Waals surface area contributed by atoms with Gasteiger partial charge in [0.05, 0.1) is 0 Å². The highest BCUT2D eigenvalue weighted by molar-refractivity contribution is 5.74. The molecule has 29 heavy (non-hydrogen) atoms. The highest BCUT2D eigenvalue weighted by atomic mass is 16.3. The van der Waals surface area contributed by atoms with Crippen molar-refractivity contribution in [2.75, 3.05) is 0 Å². The predicted molar refractivity (Wildman–Crippen MR) is 123 cm³/mol. The predicted octanol–water partition coefficient (Wildman–Crippen LogP) is 7.58. The average Bonchev–Trinajstić information content (AvgIpc) is 3.16. The fraction of sp³-hybridized carbons (Fsp3) is 0.357. The molecule has 0 amide bonds. The summed E-state index contributed by atoms with van der Waals surface area (Å²) < 4.78 is 0. The van der Waals surface area contributed by atoms with Crippen LogP contribution in [0.2, 0.25) is 0 Å². The lowest BCUT2D eigenvalue weighted by atomic mass is 9.92. The Bertz CT molecular complexity index is 968. The van der Waals surface area contributed by atoms with Gasteiger partial charge in [-0.15, -0.1) is 0 Å². The molecule has 0 radical (unpaired) electrons. The minimum Gasteiger partial charge on any atom is -0.508 e. The molecule has 0 spiro atoms. The van der Waals surface area contributed by atoms with Crippen LogP contribution in [-0.4, -0.2) is 5.11 Å². The van der Waals surface area contributed by atoms with E-state index in [1.807, 2.05) is 12.1 Å². The van der Waals surface area contributed by atoms with Crippen LogP contribution in [0.5, 0.6) is 5.75 Å². The van der Waals surface area contributed by atoms with Gasteiger partial charge < -0.3 is 5.11 Å². The number of benzene rings is 3. The molecule has 0 aliphatic heterocycles. The van der Waals surface area contributed by atoms with Gasteiger partial charge in [-0.3, -0.25) is 0 Å². The Morgan fingerprint density at radius 3 is 2.21 bits per heavy atom. The van der Waals surface area contributed by atoms with Gasteiger partial charge in [0, 0.05) is 0 Å². The van der Waals surface area contributed by atoms with E-state index in [0.717, 1.165) is 17.9 Å². The van der Waals surface area contributed by atoms with Crippen LogP contribution in [0.3, 0.4) is 0 Å². The molecule has 4 rings (SSSR count). The number of fused-ring (bicyclic) bond motifs is 1. The van der Waals surface area contributed by atoms with Crippen molar-refractivity contribution >= 4 is 0 Å². The van der Waals surface area contributed by atoms with E-state index in [1.165, 1.54) is 60.8 Å². The number of unbranched alkanes of at least 4 members (excludes halogenated alkanes) is 2. The molecule has 0 aromatic heterocycles. The summed E-state index contributed by atoms with van der Waals surface area (Å²) in [5.74, 6) is 1.16. The first kappa shape index (κ1) is 19.8. The quantitative estimate of drug-likeness (QED) is 0.416. The molecule has 3 aromatic carbocycles. The van der Waals surface area contributed by atoms with Crippen LogP contribution in [0.1, 0.15) is 56.2 Å². The Morgan fingerprint density at radius 1 is 0.759 bits per heavy atom. The number of rotatable bonds is 7. The smallest absolute Gasteiger partial charge is 0.115 e. The molecule has 0 saturated heterocycles. The minimum atomic E-state index is 0.314. The van der Waals surface area contributed by atoms with E-state index in [-0.39, 0.29) is 0 Å². The Labute approximate surface area is 175 Å². The van der Waals surface area contributed by atoms with E-state index in [9.17, 15) is 5.11 Å². The van der Waals surface area contributed by atoms with Gasteiger partial charge in [0.25, 0.3) is 0 Å². The fourth-order valence-electron chi connectivity index (χ4n) is 4.76. The maximum Gasteiger partial charge on any atom is 0.115 e. The summed E-state index contributed by atoms with van der Waals surface area (Å²) in [6.45, 7) is 4.50. The van der Waals surface area contributed by atoms with Gasteiger partial charge in [-0.2, -0.15) is 0 Å². The van der Waals surface area contributed by atoms with Crippen LogP contribution < -0.4 is 0 Å². The average molecular weight is 385 g/mol. The first-order valence-electron chi connectivity index (χ1n) is 11.2. The summed E-state index contributed by atoms with van der Waals surface area (Å²) >= 11 is 0. The second-order valence-corrected chi connectivity index (χ2v) is 8.53. The number of aryl methyl sites for hydroxylation is 1. The van der Waals surface area contributed by atoms with Gasteiger partial charge >= 0.3 is 0 Å². The van der Waals surface area contributed by atoms with Gasteiger partial charge in [-0.05, 0) is 82.7 Å². The van der Waals surface area contributed by atoms with Gasteiger partial charge in [0.15, 0.2) is 0 Å². The molecule has 1 nitrogen and oxygen atoms in total. The zero-order valence-electron chi connectivity index (χ0n) is 17.7. The summed E-state index contributed by atoms with van der Waals surface area (Å²) in [4.78, 5) is 0. The summed E-state index contributed by atoms with van der Waals surface area (Å²) in [7, 11) is 0. The van der Waals surface area contributed by atoms with E-state index >= 15 is 0 Å². The molecule has 1 atom stereocenters. The topological polar surface area (TPSA) is 20.2 Å². The summed E-state index contributed by atoms with van der Waals surface area (Å²) in [6.07, 6.45) is 8.93. The highest BCUT2D eigenvalue weighted by Gasteiger charge is 2.21. The molecule has 0 heterocycles. The number of phenols is 1. The van der Waals surface area contributed by atoms with Crippen LogP contribution >= 0.6 is 0 Å². The number of hydrogen-bond donors (Lipinski definition) is 1. The zero-order chi connectivity index (χ0) is 20.2. The lowest BCUT2D eigenvalue weighted by molar-refractivity contribution is 0.475. The summed E-state index contributed by atoms with van der Waals surface area (Å²) in [5.41, 5.74) is 9.54. The van der Waals surface area contributed by atoms with Crippen molar-refractivity contribution in [3.05, 3.63) is 77.4 Å². The van der Waals surface area contributed by atoms with Crippen LogP contribution in [0.15, 0.2) is 60.7 Å². The van der Waals surface area contributed by atoms with Crippen molar-refractivity contribution in [3.63, 3.8) is 0 Å². The van der Waals surface area contributed by atoms with Crippen molar-refractivity contribution < 1.29 is 5.11 Å². The maximum atomic E-state index is 9.58. The van der Waals surface area contributed by atoms with E-state index in [4.69, 9.17) is 0 Å². The van der Waals surface area contributed by atoms with Crippen LogP contribution in [0, 0.1) is 5.92 Å². The molecule has 0 bridgehead atoms.